The van der Waals surface area contributed by atoms with Gasteiger partial charge in [0.1, 0.15) is 0 Å². The van der Waals surface area contributed by atoms with Crippen LogP contribution in [0.1, 0.15) is 5.56 Å². The van der Waals surface area contributed by atoms with E-state index < -0.39 is 11.7 Å². The van der Waals surface area contributed by atoms with Crippen molar-refractivity contribution >= 4 is 12.6 Å². The molecule has 0 fully saturated rings. The first kappa shape index (κ1) is 12.2. The van der Waals surface area contributed by atoms with Crippen molar-refractivity contribution in [3.8, 4) is 0 Å². The molecule has 0 unspecified atom stereocenters. The first-order valence-corrected chi connectivity index (χ1v) is 3.11. The summed E-state index contributed by atoms with van der Waals surface area (Å²) in [5.74, 6) is 0. The largest absolute Gasteiger partial charge is 1.00 e. The Kier molecular flexibility index (Phi) is 4.47. The molecule has 0 spiro atoms. The standard InChI is InChI=1S/C6H4F3NS.Na/c7-6(8,9)4-1-2-5(11)10-3-4;/h1-3H,(H,10,11);/q;+1/p-1. The summed E-state index contributed by atoms with van der Waals surface area (Å²) in [5.41, 5.74) is -0.772. The molecule has 0 aliphatic rings. The molecule has 12 heavy (non-hydrogen) atoms. The third kappa shape index (κ3) is 3.26. The van der Waals surface area contributed by atoms with E-state index >= 15 is 0 Å². The first-order valence-electron chi connectivity index (χ1n) is 2.70. The predicted molar refractivity (Wildman–Crippen MR) is 34.9 cm³/mol. The Morgan fingerprint density at radius 2 is 1.83 bits per heavy atom. The Morgan fingerprint density at radius 1 is 1.25 bits per heavy atom. The minimum atomic E-state index is -4.32. The molecule has 6 heteroatoms. The van der Waals surface area contributed by atoms with Crippen molar-refractivity contribution in [3.05, 3.63) is 23.9 Å². The van der Waals surface area contributed by atoms with Gasteiger partial charge in [-0.3, -0.25) is 4.98 Å². The minimum absolute atomic E-state index is 0. The molecule has 1 aromatic heterocycles. The second-order valence-corrected chi connectivity index (χ2v) is 2.30. The third-order valence-electron chi connectivity index (χ3n) is 1.06. The summed E-state index contributed by atoms with van der Waals surface area (Å²) >= 11 is 4.52. The van der Waals surface area contributed by atoms with Crippen LogP contribution in [-0.4, -0.2) is 4.98 Å². The van der Waals surface area contributed by atoms with Crippen LogP contribution in [0.2, 0.25) is 0 Å². The maximum absolute atomic E-state index is 11.8. The summed E-state index contributed by atoms with van der Waals surface area (Å²) in [6, 6.07) is 2.06. The topological polar surface area (TPSA) is 12.9 Å². The number of nitrogens with zero attached hydrogens (tertiary/aromatic N) is 1. The predicted octanol–water partition coefficient (Wildman–Crippen LogP) is -0.990. The van der Waals surface area contributed by atoms with Crippen LogP contribution in [-0.2, 0) is 18.8 Å². The Balaban J connectivity index is 0.00000121. The Hall–Kier alpha value is 0.160. The molecule has 0 atom stereocenters. The summed E-state index contributed by atoms with van der Waals surface area (Å²) in [5, 5.41) is 0.165. The Bertz CT molecular complexity index is 246. The van der Waals surface area contributed by atoms with E-state index in [1.165, 1.54) is 0 Å². The summed E-state index contributed by atoms with van der Waals surface area (Å²) in [7, 11) is 0. The molecular formula is C6H3F3NNaS. The fourth-order valence-electron chi connectivity index (χ4n) is 0.548. The third-order valence-corrected chi connectivity index (χ3v) is 1.31. The monoisotopic (exact) mass is 201 g/mol. The first-order chi connectivity index (χ1) is 5.00. The maximum Gasteiger partial charge on any atom is 1.00 e. The van der Waals surface area contributed by atoms with Crippen LogP contribution in [0.15, 0.2) is 23.4 Å². The molecule has 0 amide bonds. The molecule has 1 rings (SSSR count). The summed E-state index contributed by atoms with van der Waals surface area (Å²) in [6.45, 7) is 0. The van der Waals surface area contributed by atoms with Gasteiger partial charge in [0.15, 0.2) is 0 Å². The van der Waals surface area contributed by atoms with E-state index in [0.29, 0.717) is 0 Å². The molecule has 1 nitrogen and oxygen atoms in total. The van der Waals surface area contributed by atoms with Crippen molar-refractivity contribution in [2.24, 2.45) is 0 Å². The molecule has 1 aromatic rings. The zero-order valence-electron chi connectivity index (χ0n) is 6.22. The van der Waals surface area contributed by atoms with E-state index in [-0.39, 0.29) is 34.6 Å². The number of rotatable bonds is 0. The van der Waals surface area contributed by atoms with E-state index in [0.717, 1.165) is 18.3 Å². The molecule has 0 aliphatic carbocycles. The maximum atomic E-state index is 11.8. The van der Waals surface area contributed by atoms with Gasteiger partial charge in [-0.15, -0.1) is 0 Å². The summed E-state index contributed by atoms with van der Waals surface area (Å²) in [4.78, 5) is 3.34. The molecule has 0 aromatic carbocycles. The fourth-order valence-corrected chi connectivity index (χ4v) is 0.669. The second-order valence-electron chi connectivity index (χ2n) is 1.88. The molecule has 0 saturated carbocycles. The zero-order chi connectivity index (χ0) is 8.48. The SMILES string of the molecule is FC(F)(F)c1ccc([S-])nc1.[Na+]. The molecule has 0 bridgehead atoms. The fraction of sp³-hybridized carbons (Fsp3) is 0.167. The van der Waals surface area contributed by atoms with E-state index in [1.54, 1.807) is 0 Å². The average Bonchev–Trinajstić information content (AvgIpc) is 1.86. The van der Waals surface area contributed by atoms with Gasteiger partial charge < -0.3 is 12.6 Å². The van der Waals surface area contributed by atoms with E-state index in [1.807, 2.05) is 0 Å². The van der Waals surface area contributed by atoms with Gasteiger partial charge in [-0.05, 0) is 6.07 Å². The van der Waals surface area contributed by atoms with Crippen LogP contribution in [0, 0.1) is 0 Å². The van der Waals surface area contributed by atoms with Gasteiger partial charge in [-0.2, -0.15) is 13.2 Å². The van der Waals surface area contributed by atoms with Crippen LogP contribution in [0.5, 0.6) is 0 Å². The van der Waals surface area contributed by atoms with Crippen molar-refractivity contribution in [1.29, 1.82) is 0 Å². The number of hydrogen-bond acceptors (Lipinski definition) is 2. The Morgan fingerprint density at radius 3 is 2.17 bits per heavy atom. The molecule has 0 saturated heterocycles. The van der Waals surface area contributed by atoms with Crippen LogP contribution in [0.25, 0.3) is 0 Å². The van der Waals surface area contributed by atoms with Crippen LogP contribution in [0.3, 0.4) is 0 Å². The van der Waals surface area contributed by atoms with Crippen molar-refractivity contribution in [1.82, 2.24) is 4.98 Å². The van der Waals surface area contributed by atoms with Gasteiger partial charge in [-0.1, -0.05) is 11.1 Å². The molecule has 0 aliphatic heterocycles. The summed E-state index contributed by atoms with van der Waals surface area (Å²) in [6.07, 6.45) is -3.60. The number of halogens is 3. The number of pyridine rings is 1. The van der Waals surface area contributed by atoms with E-state index in [9.17, 15) is 13.2 Å². The van der Waals surface area contributed by atoms with E-state index in [4.69, 9.17) is 0 Å². The van der Waals surface area contributed by atoms with Gasteiger partial charge in [0.2, 0.25) is 0 Å². The number of alkyl halides is 3. The molecule has 0 radical (unpaired) electrons. The number of hydrogen-bond donors (Lipinski definition) is 0. The smallest absolute Gasteiger partial charge is 0.760 e. The average molecular weight is 201 g/mol. The molecule has 1 heterocycles. The van der Waals surface area contributed by atoms with Gasteiger partial charge in [0.05, 0.1) is 5.56 Å². The van der Waals surface area contributed by atoms with Crippen LogP contribution in [0.4, 0.5) is 13.2 Å². The van der Waals surface area contributed by atoms with Gasteiger partial charge >= 0.3 is 35.7 Å². The van der Waals surface area contributed by atoms with Crippen LogP contribution >= 0.6 is 0 Å². The van der Waals surface area contributed by atoms with Crippen molar-refractivity contribution in [2.45, 2.75) is 11.2 Å². The number of aromatic nitrogens is 1. The van der Waals surface area contributed by atoms with Crippen molar-refractivity contribution < 1.29 is 42.7 Å². The van der Waals surface area contributed by atoms with Crippen molar-refractivity contribution in [3.63, 3.8) is 0 Å². The second kappa shape index (κ2) is 4.41. The van der Waals surface area contributed by atoms with Gasteiger partial charge in [0, 0.05) is 6.20 Å². The van der Waals surface area contributed by atoms with Gasteiger partial charge in [-0.25, -0.2) is 0 Å². The van der Waals surface area contributed by atoms with E-state index in [2.05, 4.69) is 17.6 Å². The molecule has 0 N–H and O–H groups in total. The molecular weight excluding hydrogens is 198 g/mol. The molecule has 60 valence electrons. The van der Waals surface area contributed by atoms with Crippen molar-refractivity contribution in [2.75, 3.05) is 0 Å². The zero-order valence-corrected chi connectivity index (χ0v) is 9.04. The van der Waals surface area contributed by atoms with Gasteiger partial charge in [0.25, 0.3) is 0 Å². The normalized spacial score (nSPS) is 10.6. The summed E-state index contributed by atoms with van der Waals surface area (Å²) < 4.78 is 35.5. The minimum Gasteiger partial charge on any atom is -0.760 e. The van der Waals surface area contributed by atoms with Crippen LogP contribution < -0.4 is 29.6 Å². The Labute approximate surface area is 95.1 Å². The quantitative estimate of drug-likeness (QED) is 0.395.